The number of ether oxygens (including phenoxy) is 4. The van der Waals surface area contributed by atoms with Gasteiger partial charge in [0, 0.05) is 29.6 Å². The molecule has 6 N–H and O–H groups in total. The van der Waals surface area contributed by atoms with E-state index in [0.29, 0.717) is 19.6 Å². The molecule has 0 saturated carbocycles. The molecule has 1 heterocycles. The normalized spacial score (nSPS) is 26.4. The second kappa shape index (κ2) is 19.3. The SMILES string of the molecule is CC(=C[C@H](C)[C@@H](O)[C@@H](C)C=CC(O)O[C@@H]1OC(=O)[C@H](C)C(O)C1C)CC(C)C(O)C(C)C(OC(N)=O)[C@@H](C)COCc1ccccc1. The van der Waals surface area contributed by atoms with Gasteiger partial charge in [0.25, 0.3) is 0 Å². The fourth-order valence-electron chi connectivity index (χ4n) is 6.15. The maximum atomic E-state index is 11.9. The van der Waals surface area contributed by atoms with Gasteiger partial charge in [0.15, 0.2) is 6.29 Å². The van der Waals surface area contributed by atoms with Gasteiger partial charge in [0.2, 0.25) is 6.29 Å². The molecule has 266 valence electrons. The largest absolute Gasteiger partial charge is 0.446 e. The van der Waals surface area contributed by atoms with Crippen LogP contribution in [0.4, 0.5) is 4.79 Å². The number of benzene rings is 1. The van der Waals surface area contributed by atoms with Crippen molar-refractivity contribution in [3.63, 3.8) is 0 Å². The first-order valence-electron chi connectivity index (χ1n) is 16.5. The summed E-state index contributed by atoms with van der Waals surface area (Å²) in [5.74, 6) is -3.22. The molecular weight excluding hydrogens is 606 g/mol. The lowest BCUT2D eigenvalue weighted by Gasteiger charge is -2.36. The topological polar surface area (TPSA) is 178 Å². The van der Waals surface area contributed by atoms with Gasteiger partial charge in [-0.1, -0.05) is 89.6 Å². The van der Waals surface area contributed by atoms with Crippen molar-refractivity contribution < 1.29 is 49.0 Å². The monoisotopic (exact) mass is 663 g/mol. The number of cyclic esters (lactones) is 1. The number of nitrogens with two attached hydrogens (primary N) is 1. The first kappa shape index (κ1) is 40.4. The molecule has 11 nitrogen and oxygen atoms in total. The van der Waals surface area contributed by atoms with E-state index >= 15 is 0 Å². The fourth-order valence-corrected chi connectivity index (χ4v) is 6.15. The lowest BCUT2D eigenvalue weighted by molar-refractivity contribution is -0.258. The van der Waals surface area contributed by atoms with Gasteiger partial charge in [-0.3, -0.25) is 4.79 Å². The van der Waals surface area contributed by atoms with Crippen molar-refractivity contribution in [2.24, 2.45) is 47.2 Å². The molecule has 11 heteroatoms. The van der Waals surface area contributed by atoms with E-state index in [1.54, 1.807) is 26.8 Å². The van der Waals surface area contributed by atoms with Crippen molar-refractivity contribution >= 4 is 12.1 Å². The molecule has 1 aromatic carbocycles. The molecule has 1 amide bonds. The number of aliphatic hydroxyl groups is 4. The Morgan fingerprint density at radius 1 is 0.979 bits per heavy atom. The van der Waals surface area contributed by atoms with Gasteiger partial charge in [-0.2, -0.15) is 0 Å². The minimum Gasteiger partial charge on any atom is -0.446 e. The minimum atomic E-state index is -1.40. The van der Waals surface area contributed by atoms with E-state index in [1.165, 1.54) is 6.08 Å². The zero-order valence-electron chi connectivity index (χ0n) is 29.1. The average Bonchev–Trinajstić information content (AvgIpc) is 3.03. The molecule has 7 unspecified atom stereocenters. The summed E-state index contributed by atoms with van der Waals surface area (Å²) in [7, 11) is 0. The summed E-state index contributed by atoms with van der Waals surface area (Å²) in [4.78, 5) is 23.7. The fraction of sp³-hybridized carbons (Fsp3) is 0.667. The first-order valence-corrected chi connectivity index (χ1v) is 16.5. The van der Waals surface area contributed by atoms with Crippen LogP contribution in [-0.2, 0) is 30.3 Å². The van der Waals surface area contributed by atoms with Gasteiger partial charge < -0.3 is 45.1 Å². The van der Waals surface area contributed by atoms with Gasteiger partial charge in [-0.15, -0.1) is 0 Å². The smallest absolute Gasteiger partial charge is 0.404 e. The Morgan fingerprint density at radius 3 is 2.23 bits per heavy atom. The number of allylic oxidation sites excluding steroid dienone is 1. The molecule has 0 aliphatic carbocycles. The second-order valence-corrected chi connectivity index (χ2v) is 13.5. The number of aliphatic hydroxyl groups excluding tert-OH is 4. The van der Waals surface area contributed by atoms with Gasteiger partial charge in [0.05, 0.1) is 37.4 Å². The van der Waals surface area contributed by atoms with Crippen LogP contribution >= 0.6 is 0 Å². The van der Waals surface area contributed by atoms with Crippen LogP contribution in [-0.4, -0.2) is 76.1 Å². The third-order valence-corrected chi connectivity index (χ3v) is 9.15. The minimum absolute atomic E-state index is 0.190. The van der Waals surface area contributed by atoms with Crippen molar-refractivity contribution in [3.05, 3.63) is 59.7 Å². The molecule has 13 atom stereocenters. The number of carbonyl (C=O) groups excluding carboxylic acids is 2. The first-order chi connectivity index (χ1) is 22.0. The quantitative estimate of drug-likeness (QED) is 0.0864. The third kappa shape index (κ3) is 12.6. The van der Waals surface area contributed by atoms with E-state index < -0.39 is 66.8 Å². The van der Waals surface area contributed by atoms with Gasteiger partial charge in [0.1, 0.15) is 6.10 Å². The summed E-state index contributed by atoms with van der Waals surface area (Å²) >= 11 is 0. The van der Waals surface area contributed by atoms with Gasteiger partial charge in [-0.05, 0) is 37.8 Å². The van der Waals surface area contributed by atoms with Crippen LogP contribution in [0.25, 0.3) is 0 Å². The molecule has 1 aromatic rings. The molecule has 1 aliphatic heterocycles. The number of amides is 1. The number of primary amides is 1. The van der Waals surface area contributed by atoms with E-state index in [9.17, 15) is 30.0 Å². The highest BCUT2D eigenvalue weighted by Crippen LogP contribution is 2.30. The molecule has 1 aliphatic rings. The lowest BCUT2D eigenvalue weighted by Crippen LogP contribution is -2.48. The van der Waals surface area contributed by atoms with E-state index in [0.717, 1.165) is 11.1 Å². The highest BCUT2D eigenvalue weighted by atomic mass is 16.7. The number of hydrogen-bond donors (Lipinski definition) is 5. The van der Waals surface area contributed by atoms with Crippen molar-refractivity contribution in [3.8, 4) is 0 Å². The number of esters is 1. The zero-order valence-corrected chi connectivity index (χ0v) is 29.1. The summed E-state index contributed by atoms with van der Waals surface area (Å²) in [6.07, 6.45) is -1.08. The zero-order chi connectivity index (χ0) is 35.4. The predicted molar refractivity (Wildman–Crippen MR) is 177 cm³/mol. The van der Waals surface area contributed by atoms with Crippen molar-refractivity contribution in [1.82, 2.24) is 0 Å². The van der Waals surface area contributed by atoms with Crippen molar-refractivity contribution in [2.75, 3.05) is 6.61 Å². The molecule has 0 aromatic heterocycles. The van der Waals surface area contributed by atoms with E-state index in [1.807, 2.05) is 71.0 Å². The number of hydrogen-bond acceptors (Lipinski definition) is 10. The summed E-state index contributed by atoms with van der Waals surface area (Å²) < 4.78 is 22.0. The van der Waals surface area contributed by atoms with E-state index in [2.05, 4.69) is 0 Å². The molecule has 1 fully saturated rings. The van der Waals surface area contributed by atoms with Crippen LogP contribution < -0.4 is 5.73 Å². The van der Waals surface area contributed by atoms with Crippen LogP contribution in [0.5, 0.6) is 0 Å². The van der Waals surface area contributed by atoms with Crippen LogP contribution in [0.15, 0.2) is 54.1 Å². The number of carbonyl (C=O) groups is 2. The Bertz CT molecular complexity index is 1160. The van der Waals surface area contributed by atoms with Crippen molar-refractivity contribution in [1.29, 1.82) is 0 Å². The van der Waals surface area contributed by atoms with Gasteiger partial charge >= 0.3 is 12.1 Å². The third-order valence-electron chi connectivity index (χ3n) is 9.15. The molecule has 0 radical (unpaired) electrons. The van der Waals surface area contributed by atoms with Gasteiger partial charge in [-0.25, -0.2) is 4.79 Å². The molecule has 0 spiro atoms. The Morgan fingerprint density at radius 2 is 1.62 bits per heavy atom. The lowest BCUT2D eigenvalue weighted by atomic mass is 9.81. The van der Waals surface area contributed by atoms with Crippen LogP contribution in [0, 0.1) is 41.4 Å². The Kier molecular flexibility index (Phi) is 16.5. The second-order valence-electron chi connectivity index (χ2n) is 13.5. The number of rotatable bonds is 18. The molecule has 1 saturated heterocycles. The average molecular weight is 664 g/mol. The van der Waals surface area contributed by atoms with Crippen LogP contribution in [0.2, 0.25) is 0 Å². The van der Waals surface area contributed by atoms with Crippen LogP contribution in [0.1, 0.15) is 67.4 Å². The molecular formula is C36H57NO10. The van der Waals surface area contributed by atoms with Crippen LogP contribution in [0.3, 0.4) is 0 Å². The maximum absolute atomic E-state index is 11.9. The summed E-state index contributed by atoms with van der Waals surface area (Å²) in [5.41, 5.74) is 7.39. The van der Waals surface area contributed by atoms with Crippen molar-refractivity contribution in [2.45, 2.75) is 105 Å². The Labute approximate surface area is 279 Å². The highest BCUT2D eigenvalue weighted by molar-refractivity contribution is 5.73. The molecule has 47 heavy (non-hydrogen) atoms. The molecule has 2 rings (SSSR count). The van der Waals surface area contributed by atoms with E-state index in [4.69, 9.17) is 24.7 Å². The Hall–Kier alpha value is -2.80. The molecule has 0 bridgehead atoms. The summed E-state index contributed by atoms with van der Waals surface area (Å²) in [6, 6.07) is 9.75. The van der Waals surface area contributed by atoms with E-state index in [-0.39, 0.29) is 23.7 Å². The maximum Gasteiger partial charge on any atom is 0.404 e. The standard InChI is InChI=1S/C36H57NO10/c1-20(16-22(3)30(39)21(2)14-15-29(38)45-35-27(8)32(41)26(7)34(42)47-35)17-23(4)31(40)25(6)33(46-36(37)43)24(5)18-44-19-28-12-10-9-11-13-28/h9-16,21-27,29-33,35,38-41H,17-19H2,1-8H3,(H2,37,43)/t21-,22-,23?,24-,25?,26+,27?,29?,30-,31?,32?,33?,35+/m0/s1. The summed E-state index contributed by atoms with van der Waals surface area (Å²) in [5, 5.41) is 42.8. The predicted octanol–water partition coefficient (Wildman–Crippen LogP) is 4.31. The summed E-state index contributed by atoms with van der Waals surface area (Å²) in [6.45, 7) is 15.3. The Balaban J connectivity index is 1.92. The highest BCUT2D eigenvalue weighted by Gasteiger charge is 2.42.